The summed E-state index contributed by atoms with van der Waals surface area (Å²) in [5.74, 6) is 0.337. The smallest absolute Gasteiger partial charge is 0.239 e. The maximum absolute atomic E-state index is 12.6. The van der Waals surface area contributed by atoms with Gasteiger partial charge in [0.15, 0.2) is 15.7 Å². The zero-order valence-corrected chi connectivity index (χ0v) is 21.0. The first-order chi connectivity index (χ1) is 15.6. The Balaban J connectivity index is 1.90. The fourth-order valence-corrected chi connectivity index (χ4v) is 5.58. The number of ether oxygens (including phenoxy) is 1. The van der Waals surface area contributed by atoms with Gasteiger partial charge in [0.1, 0.15) is 20.9 Å². The zero-order chi connectivity index (χ0) is 24.2. The number of benzene rings is 1. The first-order valence-corrected chi connectivity index (χ1v) is 12.9. The summed E-state index contributed by atoms with van der Waals surface area (Å²) < 4.78 is 30.8. The minimum Gasteiger partial charge on any atom is -0.495 e. The highest BCUT2D eigenvalue weighted by molar-refractivity contribution is 7.94. The number of rotatable bonds is 9. The van der Waals surface area contributed by atoms with Crippen LogP contribution in [-0.2, 0) is 14.6 Å². The van der Waals surface area contributed by atoms with Crippen molar-refractivity contribution in [2.24, 2.45) is 0 Å². The molecule has 3 aromatic rings. The SMILES string of the molecule is COc1ccc(NC(=O)CCl)cc1Nc1ncc(Cl)c(Nc2ccsc2S(=O)(=O)C(C)C)n1. The van der Waals surface area contributed by atoms with E-state index in [1.165, 1.54) is 13.3 Å². The molecule has 1 amide bonds. The number of anilines is 5. The van der Waals surface area contributed by atoms with Gasteiger partial charge in [-0.3, -0.25) is 4.79 Å². The highest BCUT2D eigenvalue weighted by atomic mass is 35.5. The topological polar surface area (TPSA) is 122 Å². The predicted molar refractivity (Wildman–Crippen MR) is 133 cm³/mol. The maximum atomic E-state index is 12.6. The minimum atomic E-state index is -3.49. The van der Waals surface area contributed by atoms with Gasteiger partial charge in [0.2, 0.25) is 11.9 Å². The van der Waals surface area contributed by atoms with Crippen LogP contribution in [0.2, 0.25) is 5.02 Å². The summed E-state index contributed by atoms with van der Waals surface area (Å²) >= 11 is 12.9. The van der Waals surface area contributed by atoms with E-state index in [-0.39, 0.29) is 32.8 Å². The van der Waals surface area contributed by atoms with E-state index >= 15 is 0 Å². The van der Waals surface area contributed by atoms with Crippen molar-refractivity contribution in [3.05, 3.63) is 40.9 Å². The lowest BCUT2D eigenvalue weighted by Gasteiger charge is -2.14. The largest absolute Gasteiger partial charge is 0.495 e. The molecule has 0 bridgehead atoms. The van der Waals surface area contributed by atoms with Gasteiger partial charge >= 0.3 is 0 Å². The standard InChI is InChI=1S/C20H21Cl2N5O4S2/c1-11(2)33(29,30)19-14(6-7-32-19)25-18-13(22)10-23-20(27-18)26-15-8-12(24-17(28)9-21)4-5-16(15)31-3/h4-8,10-11H,9H2,1-3H3,(H,24,28)(H2,23,25,26,27). The van der Waals surface area contributed by atoms with Crippen molar-refractivity contribution in [3.63, 3.8) is 0 Å². The van der Waals surface area contributed by atoms with Crippen molar-refractivity contribution >= 4 is 79.1 Å². The lowest BCUT2D eigenvalue weighted by molar-refractivity contribution is -0.113. The number of carbonyl (C=O) groups is 1. The van der Waals surface area contributed by atoms with E-state index in [2.05, 4.69) is 25.9 Å². The second-order valence-corrected chi connectivity index (χ2v) is 11.2. The number of hydrogen-bond donors (Lipinski definition) is 3. The van der Waals surface area contributed by atoms with Gasteiger partial charge in [-0.2, -0.15) is 4.98 Å². The van der Waals surface area contributed by atoms with Gasteiger partial charge in [0, 0.05) is 5.69 Å². The number of hydrogen-bond acceptors (Lipinski definition) is 9. The number of halogens is 2. The third-order valence-corrected chi connectivity index (χ3v) is 8.55. The number of nitrogens with one attached hydrogen (secondary N) is 3. The van der Waals surface area contributed by atoms with Gasteiger partial charge in [-0.15, -0.1) is 22.9 Å². The predicted octanol–water partition coefficient (Wildman–Crippen LogP) is 5.05. The van der Waals surface area contributed by atoms with Crippen molar-refractivity contribution in [1.29, 1.82) is 0 Å². The highest BCUT2D eigenvalue weighted by Crippen LogP contribution is 2.35. The van der Waals surface area contributed by atoms with Gasteiger partial charge in [-0.25, -0.2) is 13.4 Å². The van der Waals surface area contributed by atoms with E-state index in [9.17, 15) is 13.2 Å². The molecule has 0 spiro atoms. The van der Waals surface area contributed by atoms with Crippen LogP contribution in [0.15, 0.2) is 40.1 Å². The maximum Gasteiger partial charge on any atom is 0.239 e. The number of thiophene rings is 1. The Hall–Kier alpha value is -2.60. The number of methoxy groups -OCH3 is 1. The summed E-state index contributed by atoms with van der Waals surface area (Å²) in [5, 5.41) is 9.97. The van der Waals surface area contributed by atoms with Crippen LogP contribution in [-0.4, -0.2) is 42.5 Å². The van der Waals surface area contributed by atoms with E-state index < -0.39 is 15.1 Å². The Bertz CT molecular complexity index is 1270. The first kappa shape index (κ1) is 25.0. The molecule has 13 heteroatoms. The monoisotopic (exact) mass is 529 g/mol. The Labute approximate surface area is 205 Å². The third kappa shape index (κ3) is 5.85. The average Bonchev–Trinajstić information content (AvgIpc) is 3.25. The molecule has 0 aliphatic heterocycles. The molecule has 0 radical (unpaired) electrons. The summed E-state index contributed by atoms with van der Waals surface area (Å²) in [6.45, 7) is 3.24. The lowest BCUT2D eigenvalue weighted by Crippen LogP contribution is -2.14. The lowest BCUT2D eigenvalue weighted by atomic mass is 10.2. The van der Waals surface area contributed by atoms with Crippen LogP contribution in [0, 0.1) is 0 Å². The quantitative estimate of drug-likeness (QED) is 0.329. The molecule has 0 aliphatic carbocycles. The third-order valence-electron chi connectivity index (χ3n) is 4.36. The molecule has 2 heterocycles. The summed E-state index contributed by atoms with van der Waals surface area (Å²) in [5.41, 5.74) is 1.36. The number of nitrogens with zero attached hydrogens (tertiary/aromatic N) is 2. The Kier molecular flexibility index (Phi) is 8.01. The van der Waals surface area contributed by atoms with Crippen LogP contribution in [0.25, 0.3) is 0 Å². The average molecular weight is 530 g/mol. The van der Waals surface area contributed by atoms with E-state index in [1.54, 1.807) is 43.5 Å². The van der Waals surface area contributed by atoms with Crippen molar-refractivity contribution in [2.45, 2.75) is 23.3 Å². The van der Waals surface area contributed by atoms with Gasteiger partial charge in [0.05, 0.1) is 29.9 Å². The van der Waals surface area contributed by atoms with Crippen LogP contribution < -0.4 is 20.7 Å². The molecule has 176 valence electrons. The molecule has 0 aliphatic rings. The minimum absolute atomic E-state index is 0.171. The molecule has 3 N–H and O–H groups in total. The number of carbonyl (C=O) groups excluding carboxylic acids is 1. The van der Waals surface area contributed by atoms with Crippen LogP contribution in [0.3, 0.4) is 0 Å². The van der Waals surface area contributed by atoms with Crippen LogP contribution in [0.4, 0.5) is 28.8 Å². The molecule has 0 atom stereocenters. The second kappa shape index (κ2) is 10.6. The van der Waals surface area contributed by atoms with Crippen molar-refractivity contribution in [3.8, 4) is 5.75 Å². The molecule has 2 aromatic heterocycles. The molecule has 3 rings (SSSR count). The van der Waals surface area contributed by atoms with E-state index in [0.29, 0.717) is 22.8 Å². The molecule has 0 fully saturated rings. The van der Waals surface area contributed by atoms with E-state index in [0.717, 1.165) is 11.3 Å². The van der Waals surface area contributed by atoms with Crippen LogP contribution >= 0.6 is 34.5 Å². The molecule has 33 heavy (non-hydrogen) atoms. The Morgan fingerprint density at radius 2 is 1.97 bits per heavy atom. The van der Waals surface area contributed by atoms with Crippen molar-refractivity contribution in [2.75, 3.05) is 28.9 Å². The van der Waals surface area contributed by atoms with E-state index in [4.69, 9.17) is 27.9 Å². The molecular formula is C20H21Cl2N5O4S2. The van der Waals surface area contributed by atoms with Crippen LogP contribution in [0.1, 0.15) is 13.8 Å². The van der Waals surface area contributed by atoms with Gasteiger partial charge in [-0.1, -0.05) is 11.6 Å². The Morgan fingerprint density at radius 1 is 1.21 bits per heavy atom. The molecule has 9 nitrogen and oxygen atoms in total. The number of aromatic nitrogens is 2. The van der Waals surface area contributed by atoms with Gasteiger partial charge in [0.25, 0.3) is 0 Å². The van der Waals surface area contributed by atoms with Crippen LogP contribution in [0.5, 0.6) is 5.75 Å². The normalized spacial score (nSPS) is 11.3. The zero-order valence-electron chi connectivity index (χ0n) is 17.8. The van der Waals surface area contributed by atoms with Crippen molar-refractivity contribution in [1.82, 2.24) is 9.97 Å². The molecule has 0 saturated heterocycles. The number of alkyl halides is 1. The first-order valence-electron chi connectivity index (χ1n) is 9.57. The highest BCUT2D eigenvalue weighted by Gasteiger charge is 2.25. The summed E-state index contributed by atoms with van der Waals surface area (Å²) in [4.78, 5) is 20.1. The van der Waals surface area contributed by atoms with Gasteiger partial charge in [-0.05, 0) is 43.5 Å². The Morgan fingerprint density at radius 3 is 2.64 bits per heavy atom. The number of amides is 1. The molecule has 0 unspecified atom stereocenters. The fourth-order valence-electron chi connectivity index (χ4n) is 2.66. The molecule has 0 saturated carbocycles. The summed E-state index contributed by atoms with van der Waals surface area (Å²) in [6.07, 6.45) is 1.38. The second-order valence-electron chi connectivity index (χ2n) is 6.95. The van der Waals surface area contributed by atoms with Crippen molar-refractivity contribution < 1.29 is 17.9 Å². The van der Waals surface area contributed by atoms with E-state index in [1.807, 2.05) is 0 Å². The molecular weight excluding hydrogens is 509 g/mol. The molecule has 1 aromatic carbocycles. The number of sulfone groups is 1. The summed E-state index contributed by atoms with van der Waals surface area (Å²) in [7, 11) is -1.99. The fraction of sp³-hybridized carbons (Fsp3) is 0.250. The summed E-state index contributed by atoms with van der Waals surface area (Å²) in [6, 6.07) is 6.62. The van der Waals surface area contributed by atoms with Gasteiger partial charge < -0.3 is 20.7 Å².